The van der Waals surface area contributed by atoms with Crippen molar-refractivity contribution >= 4 is 22.3 Å². The van der Waals surface area contributed by atoms with Gasteiger partial charge in [0, 0.05) is 18.5 Å². The topological polar surface area (TPSA) is 37.0 Å². The fourth-order valence-corrected chi connectivity index (χ4v) is 2.19. The van der Waals surface area contributed by atoms with E-state index < -0.39 is 0 Å². The number of rotatable bonds is 0. The number of hydrogen-bond acceptors (Lipinski definition) is 3. The first-order valence-electron chi connectivity index (χ1n) is 6.01. The van der Waals surface area contributed by atoms with Gasteiger partial charge >= 0.3 is 0 Å². The van der Waals surface area contributed by atoms with Gasteiger partial charge in [-0.2, -0.15) is 0 Å². The highest BCUT2D eigenvalue weighted by molar-refractivity contribution is 5.97. The van der Waals surface area contributed by atoms with Gasteiger partial charge in [-0.05, 0) is 11.5 Å². The predicted molar refractivity (Wildman–Crippen MR) is 72.5 cm³/mol. The van der Waals surface area contributed by atoms with E-state index in [0.29, 0.717) is 0 Å². The summed E-state index contributed by atoms with van der Waals surface area (Å²) >= 11 is 0. The summed E-state index contributed by atoms with van der Waals surface area (Å²) in [5.41, 5.74) is 3.58. The molecule has 0 aliphatic carbocycles. The van der Waals surface area contributed by atoms with Crippen molar-refractivity contribution in [2.75, 3.05) is 23.7 Å². The molecule has 3 nitrogen and oxygen atoms in total. The molecule has 88 valence electrons. The molecule has 0 saturated carbocycles. The van der Waals surface area contributed by atoms with E-state index in [-0.39, 0.29) is 5.41 Å². The molecule has 1 aliphatic rings. The second-order valence-corrected chi connectivity index (χ2v) is 5.44. The van der Waals surface area contributed by atoms with Crippen molar-refractivity contribution in [1.82, 2.24) is 4.98 Å². The zero-order chi connectivity index (χ0) is 11.9. The number of anilines is 2. The number of nitrogens with zero attached hydrogens (tertiary/aromatic N) is 1. The van der Waals surface area contributed by atoms with Crippen LogP contribution in [0.1, 0.15) is 13.8 Å². The first-order valence-corrected chi connectivity index (χ1v) is 6.01. The van der Waals surface area contributed by atoms with E-state index in [4.69, 9.17) is 0 Å². The Morgan fingerprint density at radius 1 is 1.12 bits per heavy atom. The van der Waals surface area contributed by atoms with E-state index in [1.54, 1.807) is 0 Å². The third-order valence-electron chi connectivity index (χ3n) is 3.28. The van der Waals surface area contributed by atoms with Gasteiger partial charge in [-0.1, -0.05) is 32.0 Å². The monoisotopic (exact) mass is 227 g/mol. The van der Waals surface area contributed by atoms with Crippen LogP contribution in [0.5, 0.6) is 0 Å². The first kappa shape index (κ1) is 10.4. The summed E-state index contributed by atoms with van der Waals surface area (Å²) in [6.45, 7) is 6.46. The zero-order valence-corrected chi connectivity index (χ0v) is 10.2. The Morgan fingerprint density at radius 2 is 1.88 bits per heavy atom. The van der Waals surface area contributed by atoms with Crippen LogP contribution in [0.25, 0.3) is 10.9 Å². The Hall–Kier alpha value is -1.77. The van der Waals surface area contributed by atoms with Crippen molar-refractivity contribution in [3.63, 3.8) is 0 Å². The minimum absolute atomic E-state index is 0.250. The highest BCUT2D eigenvalue weighted by atomic mass is 15.0. The number of fused-ring (bicyclic) bond motifs is 3. The Balaban J connectivity index is 2.15. The second kappa shape index (κ2) is 3.62. The van der Waals surface area contributed by atoms with Crippen molar-refractivity contribution in [3.8, 4) is 0 Å². The van der Waals surface area contributed by atoms with Gasteiger partial charge in [0.05, 0.1) is 23.1 Å². The smallest absolute Gasteiger partial charge is 0.0769 e. The van der Waals surface area contributed by atoms with Gasteiger partial charge in [0.1, 0.15) is 0 Å². The number of benzene rings is 1. The maximum atomic E-state index is 4.48. The van der Waals surface area contributed by atoms with E-state index in [9.17, 15) is 0 Å². The molecule has 2 N–H and O–H groups in total. The van der Waals surface area contributed by atoms with Gasteiger partial charge in [0.25, 0.3) is 0 Å². The number of aromatic nitrogens is 1. The lowest BCUT2D eigenvalue weighted by atomic mass is 9.94. The highest BCUT2D eigenvalue weighted by Crippen LogP contribution is 2.33. The molecule has 0 bridgehead atoms. The van der Waals surface area contributed by atoms with Crippen LogP contribution < -0.4 is 10.6 Å². The first-order chi connectivity index (χ1) is 8.16. The third-order valence-corrected chi connectivity index (χ3v) is 3.28. The summed E-state index contributed by atoms with van der Waals surface area (Å²) in [4.78, 5) is 4.48. The van der Waals surface area contributed by atoms with Crippen molar-refractivity contribution in [1.29, 1.82) is 0 Å². The molecule has 3 rings (SSSR count). The van der Waals surface area contributed by atoms with E-state index in [1.165, 1.54) is 11.1 Å². The van der Waals surface area contributed by atoms with Crippen LogP contribution in [0, 0.1) is 5.41 Å². The Morgan fingerprint density at radius 3 is 2.76 bits per heavy atom. The maximum absolute atomic E-state index is 4.48. The molecule has 0 amide bonds. The lowest BCUT2D eigenvalue weighted by Crippen LogP contribution is -2.27. The van der Waals surface area contributed by atoms with Crippen LogP contribution >= 0.6 is 0 Å². The summed E-state index contributed by atoms with van der Waals surface area (Å²) in [5.74, 6) is 0. The molecule has 1 aromatic carbocycles. The fraction of sp³-hybridized carbons (Fsp3) is 0.357. The predicted octanol–water partition coefficient (Wildman–Crippen LogP) is 3.10. The standard InChI is InChI=1S/C14H17N3/c1-14(2)8-16-12-7-15-11-6-4-3-5-10(11)13(12)17-9-14/h3-7,16-17H,8-9H2,1-2H3. The average molecular weight is 227 g/mol. The number of nitrogens with one attached hydrogen (secondary N) is 2. The Bertz CT molecular complexity index is 560. The summed E-state index contributed by atoms with van der Waals surface area (Å²) < 4.78 is 0. The molecule has 3 heteroatoms. The van der Waals surface area contributed by atoms with E-state index >= 15 is 0 Å². The Kier molecular flexibility index (Phi) is 2.21. The molecule has 0 fully saturated rings. The van der Waals surface area contributed by atoms with Gasteiger partial charge in [0.15, 0.2) is 0 Å². The summed E-state index contributed by atoms with van der Waals surface area (Å²) in [6, 6.07) is 8.25. The largest absolute Gasteiger partial charge is 0.382 e. The molecule has 0 spiro atoms. The molecule has 1 aromatic heterocycles. The van der Waals surface area contributed by atoms with Gasteiger partial charge in [0.2, 0.25) is 0 Å². The van der Waals surface area contributed by atoms with Gasteiger partial charge in [-0.3, -0.25) is 4.98 Å². The number of para-hydroxylation sites is 1. The highest BCUT2D eigenvalue weighted by Gasteiger charge is 2.22. The van der Waals surface area contributed by atoms with E-state index in [0.717, 1.165) is 24.3 Å². The van der Waals surface area contributed by atoms with Crippen molar-refractivity contribution in [3.05, 3.63) is 30.5 Å². The van der Waals surface area contributed by atoms with Crippen LogP contribution in [0.2, 0.25) is 0 Å². The number of pyridine rings is 1. The summed E-state index contributed by atoms with van der Waals surface area (Å²) in [7, 11) is 0. The molecular weight excluding hydrogens is 210 g/mol. The van der Waals surface area contributed by atoms with Crippen LogP contribution in [0.15, 0.2) is 30.5 Å². The van der Waals surface area contributed by atoms with Crippen LogP contribution in [0.4, 0.5) is 11.4 Å². The molecule has 2 heterocycles. The summed E-state index contributed by atoms with van der Waals surface area (Å²) in [5, 5.41) is 8.23. The molecular formula is C14H17N3. The quantitative estimate of drug-likeness (QED) is 0.726. The third kappa shape index (κ3) is 1.82. The molecule has 2 aromatic rings. The zero-order valence-electron chi connectivity index (χ0n) is 10.2. The molecule has 1 aliphatic heterocycles. The Labute approximate surface area is 101 Å². The summed E-state index contributed by atoms with van der Waals surface area (Å²) in [6.07, 6.45) is 1.92. The normalized spacial score (nSPS) is 17.8. The van der Waals surface area contributed by atoms with Crippen LogP contribution in [-0.4, -0.2) is 18.1 Å². The second-order valence-electron chi connectivity index (χ2n) is 5.44. The molecule has 0 saturated heterocycles. The van der Waals surface area contributed by atoms with E-state index in [1.807, 2.05) is 18.3 Å². The van der Waals surface area contributed by atoms with E-state index in [2.05, 4.69) is 41.6 Å². The molecule has 0 unspecified atom stereocenters. The molecule has 0 radical (unpaired) electrons. The minimum Gasteiger partial charge on any atom is -0.382 e. The SMILES string of the molecule is CC1(C)CNc2cnc3ccccc3c2NC1. The lowest BCUT2D eigenvalue weighted by molar-refractivity contribution is 0.423. The van der Waals surface area contributed by atoms with Crippen molar-refractivity contribution < 1.29 is 0 Å². The maximum Gasteiger partial charge on any atom is 0.0769 e. The van der Waals surface area contributed by atoms with Gasteiger partial charge in [-0.25, -0.2) is 0 Å². The van der Waals surface area contributed by atoms with Crippen LogP contribution in [0.3, 0.4) is 0 Å². The van der Waals surface area contributed by atoms with Crippen LogP contribution in [-0.2, 0) is 0 Å². The van der Waals surface area contributed by atoms with Crippen molar-refractivity contribution in [2.45, 2.75) is 13.8 Å². The molecule has 0 atom stereocenters. The fourth-order valence-electron chi connectivity index (χ4n) is 2.19. The van der Waals surface area contributed by atoms with Gasteiger partial charge < -0.3 is 10.6 Å². The molecule has 17 heavy (non-hydrogen) atoms. The minimum atomic E-state index is 0.250. The van der Waals surface area contributed by atoms with Crippen molar-refractivity contribution in [2.24, 2.45) is 5.41 Å². The number of hydrogen-bond donors (Lipinski definition) is 2. The van der Waals surface area contributed by atoms with Gasteiger partial charge in [-0.15, -0.1) is 0 Å². The average Bonchev–Trinajstić information content (AvgIpc) is 2.49. The lowest BCUT2D eigenvalue weighted by Gasteiger charge is -2.21.